The molecule has 1 amide bonds. The molecule has 10 heavy (non-hydrogen) atoms. The van der Waals surface area contributed by atoms with Gasteiger partial charge < -0.3 is 10.0 Å². The number of carbonyl (C=O) groups excluding carboxylic acids is 1. The van der Waals surface area contributed by atoms with E-state index >= 15 is 0 Å². The van der Waals surface area contributed by atoms with E-state index in [4.69, 9.17) is 5.11 Å². The highest BCUT2D eigenvalue weighted by atomic mass is 16.3. The van der Waals surface area contributed by atoms with Crippen LogP contribution in [-0.2, 0) is 4.79 Å². The van der Waals surface area contributed by atoms with Crippen LogP contribution >= 0.6 is 0 Å². The highest BCUT2D eigenvalue weighted by Crippen LogP contribution is 2.09. The fourth-order valence-electron chi connectivity index (χ4n) is 1.22. The summed E-state index contributed by atoms with van der Waals surface area (Å²) in [6.45, 7) is 3.02. The molecule has 0 unspecified atom stereocenters. The van der Waals surface area contributed by atoms with E-state index < -0.39 is 0 Å². The molecular weight excluding hydrogens is 130 g/mol. The van der Waals surface area contributed by atoms with E-state index in [0.29, 0.717) is 13.0 Å². The fourth-order valence-corrected chi connectivity index (χ4v) is 1.22. The number of β-amino-alcohol motifs (C(OH)–C–C–N with tert-alkyl or cyclic N) is 1. The van der Waals surface area contributed by atoms with E-state index in [-0.39, 0.29) is 12.0 Å². The number of hydrogen-bond acceptors (Lipinski definition) is 2. The molecule has 0 bridgehead atoms. The van der Waals surface area contributed by atoms with Crippen LogP contribution in [0.15, 0.2) is 0 Å². The van der Waals surface area contributed by atoms with Gasteiger partial charge in [0.15, 0.2) is 0 Å². The van der Waals surface area contributed by atoms with Crippen LogP contribution in [0, 0.1) is 0 Å². The normalized spacial score (nSPS) is 21.8. The predicted octanol–water partition coefficient (Wildman–Crippen LogP) is -0.0104. The number of amides is 1. The van der Waals surface area contributed by atoms with Crippen LogP contribution in [0.3, 0.4) is 0 Å². The number of hydrogen-bond donors (Lipinski definition) is 1. The van der Waals surface area contributed by atoms with Gasteiger partial charge in [-0.1, -0.05) is 0 Å². The van der Waals surface area contributed by atoms with Gasteiger partial charge in [-0.05, 0) is 13.3 Å². The molecule has 0 saturated carbocycles. The number of likely N-dealkylation sites (tertiary alicyclic amines) is 1. The summed E-state index contributed by atoms with van der Waals surface area (Å²) in [5.41, 5.74) is 0. The number of aliphatic hydroxyl groups excluding tert-OH is 1. The Hall–Kier alpha value is -0.570. The van der Waals surface area contributed by atoms with Gasteiger partial charge in [0.1, 0.15) is 0 Å². The summed E-state index contributed by atoms with van der Waals surface area (Å²) in [7, 11) is 0. The SMILES string of the molecule is C[C@@H](O)CN1CCCC1=O. The van der Waals surface area contributed by atoms with Crippen molar-refractivity contribution >= 4 is 5.91 Å². The zero-order valence-electron chi connectivity index (χ0n) is 6.21. The molecular formula is C7H13NO2. The second-order valence-corrected chi connectivity index (χ2v) is 2.79. The summed E-state index contributed by atoms with van der Waals surface area (Å²) in [6.07, 6.45) is 1.22. The monoisotopic (exact) mass is 143 g/mol. The minimum absolute atomic E-state index is 0.181. The second-order valence-electron chi connectivity index (χ2n) is 2.79. The number of carbonyl (C=O) groups is 1. The van der Waals surface area contributed by atoms with Gasteiger partial charge in [0.05, 0.1) is 6.10 Å². The van der Waals surface area contributed by atoms with Crippen molar-refractivity contribution in [3.8, 4) is 0 Å². The summed E-state index contributed by atoms with van der Waals surface area (Å²) in [5.74, 6) is 0.181. The van der Waals surface area contributed by atoms with Gasteiger partial charge in [-0.25, -0.2) is 0 Å². The molecule has 3 heteroatoms. The van der Waals surface area contributed by atoms with Gasteiger partial charge in [0.25, 0.3) is 0 Å². The number of nitrogens with zero attached hydrogens (tertiary/aromatic N) is 1. The first-order chi connectivity index (χ1) is 4.70. The second kappa shape index (κ2) is 3.01. The molecule has 0 spiro atoms. The van der Waals surface area contributed by atoms with Gasteiger partial charge in [-0.2, -0.15) is 0 Å². The maximum Gasteiger partial charge on any atom is 0.222 e. The van der Waals surface area contributed by atoms with Crippen LogP contribution in [0.4, 0.5) is 0 Å². The van der Waals surface area contributed by atoms with Crippen molar-refractivity contribution in [3.05, 3.63) is 0 Å². The first-order valence-corrected chi connectivity index (χ1v) is 3.66. The van der Waals surface area contributed by atoms with Gasteiger partial charge in [-0.15, -0.1) is 0 Å². The molecule has 0 aliphatic carbocycles. The largest absolute Gasteiger partial charge is 0.392 e. The zero-order valence-corrected chi connectivity index (χ0v) is 6.21. The van der Waals surface area contributed by atoms with E-state index in [9.17, 15) is 4.79 Å². The average Bonchev–Trinajstić information content (AvgIpc) is 2.15. The number of rotatable bonds is 2. The van der Waals surface area contributed by atoms with Crippen LogP contribution in [-0.4, -0.2) is 35.1 Å². The Kier molecular flexibility index (Phi) is 2.27. The molecule has 58 valence electrons. The molecule has 1 aliphatic rings. The van der Waals surface area contributed by atoms with Gasteiger partial charge in [-0.3, -0.25) is 4.79 Å². The Morgan fingerprint density at radius 1 is 1.80 bits per heavy atom. The first-order valence-electron chi connectivity index (χ1n) is 3.66. The first kappa shape index (κ1) is 7.54. The van der Waals surface area contributed by atoms with Crippen molar-refractivity contribution in [3.63, 3.8) is 0 Å². The van der Waals surface area contributed by atoms with Crippen molar-refractivity contribution in [1.29, 1.82) is 0 Å². The standard InChI is InChI=1S/C7H13NO2/c1-6(9)5-8-4-2-3-7(8)10/h6,9H,2-5H2,1H3/t6-/m1/s1. The molecule has 1 fully saturated rings. The van der Waals surface area contributed by atoms with Crippen molar-refractivity contribution in [1.82, 2.24) is 4.90 Å². The highest BCUT2D eigenvalue weighted by molar-refractivity contribution is 5.78. The van der Waals surface area contributed by atoms with Crippen LogP contribution in [0.1, 0.15) is 19.8 Å². The lowest BCUT2D eigenvalue weighted by molar-refractivity contribution is -0.128. The molecule has 0 aromatic rings. The predicted molar refractivity (Wildman–Crippen MR) is 37.5 cm³/mol. The summed E-state index contributed by atoms with van der Waals surface area (Å²) in [6, 6.07) is 0. The zero-order chi connectivity index (χ0) is 7.56. The van der Waals surface area contributed by atoms with Gasteiger partial charge >= 0.3 is 0 Å². The molecule has 0 aromatic heterocycles. The molecule has 1 atom stereocenters. The molecule has 0 aromatic carbocycles. The van der Waals surface area contributed by atoms with Crippen molar-refractivity contribution in [2.75, 3.05) is 13.1 Å². The Bertz CT molecular complexity index is 134. The maximum atomic E-state index is 10.9. The van der Waals surface area contributed by atoms with E-state index in [1.165, 1.54) is 0 Å². The van der Waals surface area contributed by atoms with Gasteiger partial charge in [0.2, 0.25) is 5.91 Å². The Morgan fingerprint density at radius 3 is 2.90 bits per heavy atom. The third-order valence-electron chi connectivity index (χ3n) is 1.66. The Labute approximate surface area is 60.6 Å². The van der Waals surface area contributed by atoms with Crippen molar-refractivity contribution in [2.24, 2.45) is 0 Å². The summed E-state index contributed by atoms with van der Waals surface area (Å²) >= 11 is 0. The van der Waals surface area contributed by atoms with E-state index in [2.05, 4.69) is 0 Å². The summed E-state index contributed by atoms with van der Waals surface area (Å²) in [5, 5.41) is 8.94. The highest BCUT2D eigenvalue weighted by Gasteiger charge is 2.20. The number of aliphatic hydroxyl groups is 1. The van der Waals surface area contributed by atoms with E-state index in [1.54, 1.807) is 11.8 Å². The molecule has 1 rings (SSSR count). The lowest BCUT2D eigenvalue weighted by Gasteiger charge is -2.16. The van der Waals surface area contributed by atoms with Crippen LogP contribution in [0.25, 0.3) is 0 Å². The topological polar surface area (TPSA) is 40.5 Å². The fraction of sp³-hybridized carbons (Fsp3) is 0.857. The smallest absolute Gasteiger partial charge is 0.222 e. The van der Waals surface area contributed by atoms with E-state index in [0.717, 1.165) is 13.0 Å². The third-order valence-corrected chi connectivity index (χ3v) is 1.66. The molecule has 1 aliphatic heterocycles. The summed E-state index contributed by atoms with van der Waals surface area (Å²) < 4.78 is 0. The third kappa shape index (κ3) is 1.70. The van der Waals surface area contributed by atoms with Crippen molar-refractivity contribution < 1.29 is 9.90 Å². The average molecular weight is 143 g/mol. The lowest BCUT2D eigenvalue weighted by atomic mass is 10.4. The Balaban J connectivity index is 2.33. The van der Waals surface area contributed by atoms with Crippen molar-refractivity contribution in [2.45, 2.75) is 25.9 Å². The maximum absolute atomic E-state index is 10.9. The molecule has 3 nitrogen and oxygen atoms in total. The molecule has 1 N–H and O–H groups in total. The van der Waals surface area contributed by atoms with Gasteiger partial charge in [0, 0.05) is 19.5 Å². The quantitative estimate of drug-likeness (QED) is 0.590. The van der Waals surface area contributed by atoms with Crippen LogP contribution in [0.5, 0.6) is 0 Å². The molecule has 1 saturated heterocycles. The Morgan fingerprint density at radius 2 is 2.50 bits per heavy atom. The van der Waals surface area contributed by atoms with E-state index in [1.807, 2.05) is 0 Å². The minimum atomic E-state index is -0.387. The lowest BCUT2D eigenvalue weighted by Crippen LogP contribution is -2.31. The summed E-state index contributed by atoms with van der Waals surface area (Å²) in [4.78, 5) is 12.6. The van der Waals surface area contributed by atoms with Crippen LogP contribution in [0.2, 0.25) is 0 Å². The molecule has 1 heterocycles. The molecule has 0 radical (unpaired) electrons. The van der Waals surface area contributed by atoms with Crippen LogP contribution < -0.4 is 0 Å². The minimum Gasteiger partial charge on any atom is -0.392 e.